The molecule has 13 rings (SSSR count). The molecule has 0 aliphatic heterocycles. The quantitative estimate of drug-likeness (QED) is 0.153. The number of hydrogen-bond donors (Lipinski definition) is 1. The number of rotatable bonds is 8. The Morgan fingerprint density at radius 2 is 1.52 bits per heavy atom. The van der Waals surface area contributed by atoms with E-state index in [9.17, 15) is 0 Å². The topological polar surface area (TPSA) is 41.3 Å². The molecule has 4 aliphatic carbocycles. The van der Waals surface area contributed by atoms with Crippen molar-refractivity contribution in [2.75, 3.05) is 0 Å². The van der Waals surface area contributed by atoms with E-state index in [0.29, 0.717) is 12.5 Å². The monoisotopic (exact) mass is 796 g/mol. The fraction of sp³-hybridized carbons (Fsp3) is 0.136. The minimum atomic E-state index is -0.450. The Balaban J connectivity index is 1.08. The molecule has 1 saturated carbocycles. The fourth-order valence-corrected chi connectivity index (χ4v) is 11.4. The van der Waals surface area contributed by atoms with Crippen LogP contribution in [0.3, 0.4) is 0 Å². The summed E-state index contributed by atoms with van der Waals surface area (Å²) in [6.07, 6.45) is 15.5. The van der Waals surface area contributed by atoms with Crippen molar-refractivity contribution >= 4 is 66.7 Å². The lowest BCUT2D eigenvalue weighted by Gasteiger charge is -2.36. The van der Waals surface area contributed by atoms with Crippen LogP contribution in [0, 0.1) is 11.8 Å². The van der Waals surface area contributed by atoms with Crippen molar-refractivity contribution in [1.82, 2.24) is 4.98 Å². The second kappa shape index (κ2) is 13.9. The highest BCUT2D eigenvalue weighted by molar-refractivity contribution is 6.25. The maximum atomic E-state index is 7.29. The predicted molar refractivity (Wildman–Crippen MR) is 257 cm³/mol. The van der Waals surface area contributed by atoms with Crippen LogP contribution in [0.2, 0.25) is 0 Å². The van der Waals surface area contributed by atoms with Gasteiger partial charge in [-0.25, -0.2) is 0 Å². The molecule has 2 heterocycles. The summed E-state index contributed by atoms with van der Waals surface area (Å²) in [7, 11) is 0. The predicted octanol–water partition coefficient (Wildman–Crippen LogP) is 14.8. The highest BCUT2D eigenvalue weighted by atomic mass is 16.3. The number of H-pyrrole nitrogens is 1. The Hall–Kier alpha value is -7.23. The summed E-state index contributed by atoms with van der Waals surface area (Å²) >= 11 is 0. The number of aromatic amines is 1. The highest BCUT2D eigenvalue weighted by Gasteiger charge is 2.59. The van der Waals surface area contributed by atoms with Crippen molar-refractivity contribution in [3.8, 4) is 0 Å². The molecule has 0 spiro atoms. The SMILES string of the molecule is C1=CCCC(c2cccc3c2oc2c3cc(C3(c4ccccc4)C4=C(c5ccccc53)C3CC3C4)c3[nH]c4ccc(CN=C(/C=C/c5ccccc5)c5ccccc5)cc4c32)=C1. The summed E-state index contributed by atoms with van der Waals surface area (Å²) in [5, 5.41) is 4.65. The molecule has 62 heavy (non-hydrogen) atoms. The zero-order valence-corrected chi connectivity index (χ0v) is 34.4. The van der Waals surface area contributed by atoms with Crippen LogP contribution in [0.15, 0.2) is 197 Å². The van der Waals surface area contributed by atoms with Crippen molar-refractivity contribution < 1.29 is 4.42 Å². The Bertz CT molecular complexity index is 3430. The summed E-state index contributed by atoms with van der Waals surface area (Å²) in [5.41, 5.74) is 19.3. The van der Waals surface area contributed by atoms with Crippen LogP contribution in [0.5, 0.6) is 0 Å². The number of aliphatic imine (C=N–C) groups is 1. The molecular formula is C59H44N2O. The Morgan fingerprint density at radius 3 is 2.35 bits per heavy atom. The number of para-hydroxylation sites is 1. The molecule has 2 aromatic heterocycles. The normalized spacial score (nSPS) is 20.5. The lowest BCUT2D eigenvalue weighted by atomic mass is 9.65. The molecule has 3 atom stereocenters. The Kier molecular flexibility index (Phi) is 7.97. The molecule has 9 aromatic rings. The summed E-state index contributed by atoms with van der Waals surface area (Å²) in [4.78, 5) is 9.37. The zero-order valence-electron chi connectivity index (χ0n) is 34.4. The summed E-state index contributed by atoms with van der Waals surface area (Å²) in [6, 6.07) is 57.8. The summed E-state index contributed by atoms with van der Waals surface area (Å²) in [5.74, 6) is 1.39. The number of nitrogens with zero attached hydrogens (tertiary/aromatic N) is 1. The summed E-state index contributed by atoms with van der Waals surface area (Å²) in [6.45, 7) is 0.543. The second-order valence-corrected chi connectivity index (χ2v) is 17.7. The molecule has 0 saturated heterocycles. The van der Waals surface area contributed by atoms with E-state index in [2.05, 4.69) is 193 Å². The van der Waals surface area contributed by atoms with Gasteiger partial charge in [-0.15, -0.1) is 0 Å². The minimum absolute atomic E-state index is 0.450. The molecule has 3 unspecified atom stereocenters. The first-order valence-electron chi connectivity index (χ1n) is 22.2. The first kappa shape index (κ1) is 35.5. The van der Waals surface area contributed by atoms with Gasteiger partial charge in [-0.05, 0) is 117 Å². The van der Waals surface area contributed by atoms with Gasteiger partial charge in [0.1, 0.15) is 11.2 Å². The van der Waals surface area contributed by atoms with E-state index in [1.807, 2.05) is 0 Å². The van der Waals surface area contributed by atoms with Crippen molar-refractivity contribution in [1.29, 1.82) is 0 Å². The number of hydrogen-bond acceptors (Lipinski definition) is 2. The standard InChI is InChI=1S/C59H44N2O/c1-5-16-37(17-6-1)28-30-52(40-20-9-3-10-21-40)60-36-38-29-31-53-48(32-38)55-56(61-53)51(35-47-44-26-15-25-43(57(44)62-58(47)55)39-18-7-2-8-19-39)59(42-22-11-4-12-23-42)49-27-14-13-24-45(49)54-46-33-41(46)34-50(54)59/h1-7,9-18,20-32,35,41,46,61H,8,19,33-34,36H2/b30-28+,60-52?. The summed E-state index contributed by atoms with van der Waals surface area (Å²) < 4.78 is 7.29. The van der Waals surface area contributed by atoms with E-state index in [4.69, 9.17) is 9.41 Å². The van der Waals surface area contributed by atoms with E-state index < -0.39 is 5.41 Å². The van der Waals surface area contributed by atoms with Gasteiger partial charge in [0.15, 0.2) is 0 Å². The van der Waals surface area contributed by atoms with Crippen LogP contribution in [0.25, 0.3) is 61.0 Å². The molecule has 3 heteroatoms. The smallest absolute Gasteiger partial charge is 0.145 e. The first-order chi connectivity index (χ1) is 30.7. The molecular weight excluding hydrogens is 753 g/mol. The minimum Gasteiger partial charge on any atom is -0.455 e. The molecule has 0 radical (unpaired) electrons. The average Bonchev–Trinajstić information content (AvgIpc) is 3.58. The van der Waals surface area contributed by atoms with Gasteiger partial charge >= 0.3 is 0 Å². The van der Waals surface area contributed by atoms with Crippen LogP contribution in [0.4, 0.5) is 0 Å². The Morgan fingerprint density at radius 1 is 0.726 bits per heavy atom. The van der Waals surface area contributed by atoms with E-state index in [0.717, 1.165) is 75.2 Å². The van der Waals surface area contributed by atoms with Gasteiger partial charge in [0.2, 0.25) is 0 Å². The Labute approximate surface area is 361 Å². The molecule has 0 bridgehead atoms. The van der Waals surface area contributed by atoms with Gasteiger partial charge in [-0.1, -0.05) is 164 Å². The van der Waals surface area contributed by atoms with E-state index in [1.54, 1.807) is 11.1 Å². The van der Waals surface area contributed by atoms with E-state index in [-0.39, 0.29) is 0 Å². The lowest BCUT2D eigenvalue weighted by Crippen LogP contribution is -2.30. The van der Waals surface area contributed by atoms with Gasteiger partial charge < -0.3 is 9.40 Å². The van der Waals surface area contributed by atoms with Crippen molar-refractivity contribution in [2.45, 2.75) is 37.6 Å². The molecule has 1 fully saturated rings. The third kappa shape index (κ3) is 5.34. The highest BCUT2D eigenvalue weighted by Crippen LogP contribution is 2.69. The van der Waals surface area contributed by atoms with Crippen LogP contribution < -0.4 is 0 Å². The van der Waals surface area contributed by atoms with Gasteiger partial charge in [-0.3, -0.25) is 4.99 Å². The molecule has 4 aliphatic rings. The maximum Gasteiger partial charge on any atom is 0.145 e. The molecule has 0 amide bonds. The van der Waals surface area contributed by atoms with E-state index >= 15 is 0 Å². The number of allylic oxidation sites excluding steroid dienone is 7. The van der Waals surface area contributed by atoms with Gasteiger partial charge in [0.25, 0.3) is 0 Å². The van der Waals surface area contributed by atoms with Crippen LogP contribution in [0.1, 0.15) is 70.2 Å². The van der Waals surface area contributed by atoms with Crippen LogP contribution in [-0.4, -0.2) is 10.7 Å². The zero-order chi connectivity index (χ0) is 40.8. The molecule has 1 N–H and O–H groups in total. The van der Waals surface area contributed by atoms with Crippen LogP contribution in [-0.2, 0) is 12.0 Å². The average molecular weight is 797 g/mol. The van der Waals surface area contributed by atoms with Crippen molar-refractivity contribution in [2.24, 2.45) is 16.8 Å². The first-order valence-corrected chi connectivity index (χ1v) is 22.2. The fourth-order valence-electron chi connectivity index (χ4n) is 11.4. The third-order valence-electron chi connectivity index (χ3n) is 14.3. The van der Waals surface area contributed by atoms with Gasteiger partial charge in [0.05, 0.1) is 28.6 Å². The molecule has 3 nitrogen and oxygen atoms in total. The third-order valence-corrected chi connectivity index (χ3v) is 14.3. The van der Waals surface area contributed by atoms with Crippen LogP contribution >= 0.6 is 0 Å². The lowest BCUT2D eigenvalue weighted by molar-refractivity contribution is 0.668. The number of nitrogens with one attached hydrogen (secondary N) is 1. The van der Waals surface area contributed by atoms with Gasteiger partial charge in [-0.2, -0.15) is 0 Å². The maximum absolute atomic E-state index is 7.29. The number of furan rings is 1. The number of aromatic nitrogens is 1. The largest absolute Gasteiger partial charge is 0.455 e. The number of benzene rings is 7. The number of fused-ring (bicyclic) bond motifs is 11. The molecule has 7 aromatic carbocycles. The molecule has 296 valence electrons. The second-order valence-electron chi connectivity index (χ2n) is 17.7. The van der Waals surface area contributed by atoms with Gasteiger partial charge in [0, 0.05) is 27.2 Å². The van der Waals surface area contributed by atoms with Crippen molar-refractivity contribution in [3.05, 3.63) is 232 Å². The van der Waals surface area contributed by atoms with Crippen molar-refractivity contribution in [3.63, 3.8) is 0 Å². The van der Waals surface area contributed by atoms with E-state index in [1.165, 1.54) is 56.0 Å².